The summed E-state index contributed by atoms with van der Waals surface area (Å²) in [6.07, 6.45) is 4.09. The van der Waals surface area contributed by atoms with Crippen LogP contribution in [0.4, 0.5) is 0 Å². The van der Waals surface area contributed by atoms with Crippen LogP contribution in [0.15, 0.2) is 21.9 Å². The van der Waals surface area contributed by atoms with Crippen LogP contribution in [0.1, 0.15) is 25.3 Å². The first kappa shape index (κ1) is 10.2. The van der Waals surface area contributed by atoms with Gasteiger partial charge in [-0.05, 0) is 31.7 Å². The van der Waals surface area contributed by atoms with Gasteiger partial charge in [0.1, 0.15) is 0 Å². The van der Waals surface area contributed by atoms with Gasteiger partial charge in [-0.15, -0.1) is 0 Å². The minimum absolute atomic E-state index is 0.0241. The molecule has 0 aliphatic heterocycles. The van der Waals surface area contributed by atoms with Gasteiger partial charge < -0.3 is 10.7 Å². The molecular formula is C10H15N3O2. The fraction of sp³-hybridized carbons (Fsp3) is 0.600. The lowest BCUT2D eigenvalue weighted by Crippen LogP contribution is -2.36. The van der Waals surface area contributed by atoms with Crippen molar-refractivity contribution in [3.63, 3.8) is 0 Å². The first-order valence-electron chi connectivity index (χ1n) is 5.22. The molecule has 1 heterocycles. The summed E-state index contributed by atoms with van der Waals surface area (Å²) in [7, 11) is 0. The molecule has 5 nitrogen and oxygen atoms in total. The zero-order valence-corrected chi connectivity index (χ0v) is 8.48. The molecule has 0 aromatic carbocycles. The normalized spacial score (nSPS) is 25.7. The van der Waals surface area contributed by atoms with Crippen LogP contribution in [0.25, 0.3) is 0 Å². The van der Waals surface area contributed by atoms with Crippen molar-refractivity contribution < 1.29 is 0 Å². The number of nitrogens with one attached hydrogen (secondary N) is 1. The van der Waals surface area contributed by atoms with Crippen LogP contribution >= 0.6 is 0 Å². The summed E-state index contributed by atoms with van der Waals surface area (Å²) < 4.78 is 1.32. The second kappa shape index (κ2) is 4.02. The summed E-state index contributed by atoms with van der Waals surface area (Å²) in [5.74, 6) is 0.446. The van der Waals surface area contributed by atoms with Crippen molar-refractivity contribution in [2.24, 2.45) is 11.7 Å². The van der Waals surface area contributed by atoms with E-state index in [0.29, 0.717) is 12.5 Å². The van der Waals surface area contributed by atoms with Crippen LogP contribution in [-0.2, 0) is 0 Å². The van der Waals surface area contributed by atoms with Gasteiger partial charge in [0, 0.05) is 18.3 Å². The Labute approximate surface area is 86.9 Å². The summed E-state index contributed by atoms with van der Waals surface area (Å²) >= 11 is 0. The minimum atomic E-state index is -0.315. The van der Waals surface area contributed by atoms with Gasteiger partial charge in [0.05, 0.1) is 0 Å². The van der Waals surface area contributed by atoms with Crippen molar-refractivity contribution in [2.75, 3.05) is 6.54 Å². The summed E-state index contributed by atoms with van der Waals surface area (Å²) in [6, 6.07) is 1.41. The molecule has 1 aliphatic carbocycles. The lowest BCUT2D eigenvalue weighted by molar-refractivity contribution is 0.453. The molecule has 1 aromatic heterocycles. The average Bonchev–Trinajstić information content (AvgIpc) is 2.66. The van der Waals surface area contributed by atoms with Gasteiger partial charge in [-0.1, -0.05) is 0 Å². The third-order valence-corrected chi connectivity index (χ3v) is 3.10. The van der Waals surface area contributed by atoms with E-state index in [9.17, 15) is 9.59 Å². The van der Waals surface area contributed by atoms with Crippen molar-refractivity contribution in [1.29, 1.82) is 0 Å². The van der Waals surface area contributed by atoms with E-state index in [1.54, 1.807) is 0 Å². The molecule has 2 atom stereocenters. The quantitative estimate of drug-likeness (QED) is 0.710. The second-order valence-corrected chi connectivity index (χ2v) is 4.06. The Kier molecular flexibility index (Phi) is 2.73. The van der Waals surface area contributed by atoms with Crippen molar-refractivity contribution in [3.8, 4) is 0 Å². The Bertz CT molecular complexity index is 420. The predicted octanol–water partition coefficient (Wildman–Crippen LogP) is -0.164. The van der Waals surface area contributed by atoms with Crippen LogP contribution in [0.3, 0.4) is 0 Å². The third-order valence-electron chi connectivity index (χ3n) is 3.10. The molecule has 0 spiro atoms. The minimum Gasteiger partial charge on any atom is -0.330 e. The number of H-pyrrole nitrogens is 1. The largest absolute Gasteiger partial charge is 0.330 e. The van der Waals surface area contributed by atoms with E-state index < -0.39 is 0 Å². The summed E-state index contributed by atoms with van der Waals surface area (Å²) in [6.45, 7) is 0.635. The van der Waals surface area contributed by atoms with Gasteiger partial charge in [0.2, 0.25) is 0 Å². The molecule has 1 aromatic rings. The van der Waals surface area contributed by atoms with Gasteiger partial charge in [-0.3, -0.25) is 9.36 Å². The van der Waals surface area contributed by atoms with Crippen LogP contribution in [-0.4, -0.2) is 16.1 Å². The molecule has 15 heavy (non-hydrogen) atoms. The Morgan fingerprint density at radius 3 is 2.87 bits per heavy atom. The van der Waals surface area contributed by atoms with E-state index >= 15 is 0 Å². The van der Waals surface area contributed by atoms with Crippen molar-refractivity contribution in [3.05, 3.63) is 33.1 Å². The molecule has 0 radical (unpaired) electrons. The number of nitrogens with two attached hydrogens (primary N) is 1. The van der Waals surface area contributed by atoms with Crippen LogP contribution in [0.2, 0.25) is 0 Å². The van der Waals surface area contributed by atoms with Gasteiger partial charge >= 0.3 is 5.69 Å². The average molecular weight is 209 g/mol. The fourth-order valence-corrected chi connectivity index (χ4v) is 2.28. The summed E-state index contributed by atoms with van der Waals surface area (Å²) in [4.78, 5) is 25.6. The SMILES string of the molecule is NCC1CCC(n2c(=O)cc[nH]c2=O)C1. The molecule has 5 heteroatoms. The number of aromatic amines is 1. The Balaban J connectivity index is 2.32. The van der Waals surface area contributed by atoms with E-state index in [1.165, 1.54) is 16.8 Å². The van der Waals surface area contributed by atoms with Crippen molar-refractivity contribution in [1.82, 2.24) is 9.55 Å². The molecule has 1 fully saturated rings. The topological polar surface area (TPSA) is 80.9 Å². The Morgan fingerprint density at radius 1 is 1.47 bits per heavy atom. The standard InChI is InChI=1S/C10H15N3O2/c11-6-7-1-2-8(5-7)13-9(14)3-4-12-10(13)15/h3-4,7-8H,1-2,5-6,11H2,(H,12,15). The summed E-state index contributed by atoms with van der Waals surface area (Å²) in [5, 5.41) is 0. The van der Waals surface area contributed by atoms with E-state index in [0.717, 1.165) is 19.3 Å². The van der Waals surface area contributed by atoms with Crippen LogP contribution < -0.4 is 17.0 Å². The zero-order chi connectivity index (χ0) is 10.8. The maximum atomic E-state index is 11.5. The van der Waals surface area contributed by atoms with Crippen LogP contribution in [0, 0.1) is 5.92 Å². The van der Waals surface area contributed by atoms with Crippen molar-refractivity contribution in [2.45, 2.75) is 25.3 Å². The van der Waals surface area contributed by atoms with Gasteiger partial charge in [0.15, 0.2) is 0 Å². The van der Waals surface area contributed by atoms with E-state index in [4.69, 9.17) is 5.73 Å². The molecule has 2 rings (SSSR count). The number of hydrogen-bond acceptors (Lipinski definition) is 3. The maximum absolute atomic E-state index is 11.5. The van der Waals surface area contributed by atoms with Gasteiger partial charge in [0.25, 0.3) is 5.56 Å². The first-order valence-corrected chi connectivity index (χ1v) is 5.22. The number of rotatable bonds is 2. The monoisotopic (exact) mass is 209 g/mol. The molecule has 3 N–H and O–H groups in total. The third kappa shape index (κ3) is 1.87. The van der Waals surface area contributed by atoms with E-state index in [2.05, 4.69) is 4.98 Å². The molecule has 82 valence electrons. The molecule has 0 saturated heterocycles. The molecule has 0 amide bonds. The highest BCUT2D eigenvalue weighted by molar-refractivity contribution is 4.89. The summed E-state index contributed by atoms with van der Waals surface area (Å²) in [5.41, 5.74) is 5.04. The highest BCUT2D eigenvalue weighted by atomic mass is 16.2. The maximum Gasteiger partial charge on any atom is 0.328 e. The number of aromatic nitrogens is 2. The Hall–Kier alpha value is -1.36. The highest BCUT2D eigenvalue weighted by Crippen LogP contribution is 2.31. The molecule has 1 saturated carbocycles. The first-order chi connectivity index (χ1) is 7.22. The van der Waals surface area contributed by atoms with Crippen molar-refractivity contribution >= 4 is 0 Å². The second-order valence-electron chi connectivity index (χ2n) is 4.06. The van der Waals surface area contributed by atoms with Gasteiger partial charge in [-0.2, -0.15) is 0 Å². The van der Waals surface area contributed by atoms with E-state index in [-0.39, 0.29) is 17.3 Å². The van der Waals surface area contributed by atoms with Gasteiger partial charge in [-0.25, -0.2) is 4.79 Å². The fourth-order valence-electron chi connectivity index (χ4n) is 2.28. The lowest BCUT2D eigenvalue weighted by atomic mass is 10.1. The number of nitrogens with zero attached hydrogens (tertiary/aromatic N) is 1. The predicted molar refractivity (Wildman–Crippen MR) is 56.8 cm³/mol. The molecular weight excluding hydrogens is 194 g/mol. The molecule has 1 aliphatic rings. The van der Waals surface area contributed by atoms with Crippen LogP contribution in [0.5, 0.6) is 0 Å². The van der Waals surface area contributed by atoms with E-state index in [1.807, 2.05) is 0 Å². The molecule has 0 bridgehead atoms. The molecule has 2 unspecified atom stereocenters. The highest BCUT2D eigenvalue weighted by Gasteiger charge is 2.26. The smallest absolute Gasteiger partial charge is 0.328 e. The Morgan fingerprint density at radius 2 is 2.27 bits per heavy atom. The number of hydrogen-bond donors (Lipinski definition) is 2. The zero-order valence-electron chi connectivity index (χ0n) is 8.48. The lowest BCUT2D eigenvalue weighted by Gasteiger charge is -2.11.